The molecule has 2 aliphatic heterocycles. The first-order valence-electron chi connectivity index (χ1n) is 9.00. The summed E-state index contributed by atoms with van der Waals surface area (Å²) in [5.74, 6) is -2.45. The number of aromatic hydroxyl groups is 1. The van der Waals surface area contributed by atoms with Crippen LogP contribution in [0.3, 0.4) is 0 Å². The van der Waals surface area contributed by atoms with Crippen LogP contribution in [0.1, 0.15) is 38.8 Å². The smallest absolute Gasteiger partial charge is 0.327 e. The number of benzene rings is 1. The third-order valence-electron chi connectivity index (χ3n) is 5.51. The van der Waals surface area contributed by atoms with Gasteiger partial charge >= 0.3 is 5.97 Å². The van der Waals surface area contributed by atoms with Crippen LogP contribution in [0.5, 0.6) is 5.75 Å². The fraction of sp³-hybridized carbons (Fsp3) is 0.526. The molecule has 2 heterocycles. The van der Waals surface area contributed by atoms with Gasteiger partial charge in [-0.05, 0) is 38.0 Å². The van der Waals surface area contributed by atoms with E-state index in [0.717, 1.165) is 5.56 Å². The van der Waals surface area contributed by atoms with Crippen molar-refractivity contribution in [2.45, 2.75) is 38.8 Å². The summed E-state index contributed by atoms with van der Waals surface area (Å²) in [6.45, 7) is 5.74. The highest BCUT2D eigenvalue weighted by atomic mass is 16.5. The van der Waals surface area contributed by atoms with Gasteiger partial charge in [0.25, 0.3) is 0 Å². The standard InChI is InChI=1S/C19H24N2O5/c1-4-19(18(25)26-6-3)14-13(16(23)21(5-2)17(14)24)15(20-19)11-7-9-12(22)10-8-11/h7-10,13-15,20,22H,4-6H2,1-3H3/t13-,14-,15-,19-/m1/s1. The van der Waals surface area contributed by atoms with E-state index in [1.165, 1.54) is 17.0 Å². The number of likely N-dealkylation sites (tertiary alicyclic amines) is 1. The molecule has 0 unspecified atom stereocenters. The Labute approximate surface area is 152 Å². The summed E-state index contributed by atoms with van der Waals surface area (Å²) in [5, 5.41) is 12.8. The molecular formula is C19H24N2O5. The molecule has 0 bridgehead atoms. The molecule has 1 aromatic rings. The SMILES string of the molecule is CCOC(=O)[C@]1(CC)N[C@H](c2ccc(O)cc2)[C@@H]2C(=O)N(CC)C(=O)[C@@H]21. The molecule has 7 heteroatoms. The Kier molecular flexibility index (Phi) is 4.75. The molecule has 2 amide bonds. The Balaban J connectivity index is 2.11. The van der Waals surface area contributed by atoms with E-state index in [9.17, 15) is 19.5 Å². The highest BCUT2D eigenvalue weighted by Gasteiger charge is 2.67. The van der Waals surface area contributed by atoms with Crippen LogP contribution in [-0.2, 0) is 19.1 Å². The van der Waals surface area contributed by atoms with Gasteiger partial charge in [0.2, 0.25) is 11.8 Å². The Morgan fingerprint density at radius 3 is 2.38 bits per heavy atom. The zero-order chi connectivity index (χ0) is 19.1. The van der Waals surface area contributed by atoms with Gasteiger partial charge in [0, 0.05) is 12.6 Å². The number of hydrogen-bond acceptors (Lipinski definition) is 6. The molecule has 1 aromatic carbocycles. The van der Waals surface area contributed by atoms with Crippen molar-refractivity contribution in [1.29, 1.82) is 0 Å². The van der Waals surface area contributed by atoms with Gasteiger partial charge < -0.3 is 9.84 Å². The molecule has 4 atom stereocenters. The van der Waals surface area contributed by atoms with Crippen molar-refractivity contribution in [1.82, 2.24) is 10.2 Å². The molecule has 0 aliphatic carbocycles. The first kappa shape index (κ1) is 18.4. The summed E-state index contributed by atoms with van der Waals surface area (Å²) >= 11 is 0. The van der Waals surface area contributed by atoms with Crippen LogP contribution in [0, 0.1) is 11.8 Å². The van der Waals surface area contributed by atoms with E-state index in [1.54, 1.807) is 26.0 Å². The number of amides is 2. The number of hydrogen-bond donors (Lipinski definition) is 2. The Bertz CT molecular complexity index is 732. The number of nitrogens with zero attached hydrogens (tertiary/aromatic N) is 1. The molecule has 26 heavy (non-hydrogen) atoms. The quantitative estimate of drug-likeness (QED) is 0.608. The lowest BCUT2D eigenvalue weighted by Crippen LogP contribution is -2.56. The Morgan fingerprint density at radius 2 is 1.85 bits per heavy atom. The van der Waals surface area contributed by atoms with Crippen molar-refractivity contribution in [3.05, 3.63) is 29.8 Å². The largest absolute Gasteiger partial charge is 0.508 e. The monoisotopic (exact) mass is 360 g/mol. The average Bonchev–Trinajstić information content (AvgIpc) is 3.11. The van der Waals surface area contributed by atoms with Gasteiger partial charge in [-0.3, -0.25) is 24.6 Å². The van der Waals surface area contributed by atoms with Crippen molar-refractivity contribution < 1.29 is 24.2 Å². The number of rotatable bonds is 5. The average molecular weight is 360 g/mol. The number of carbonyl (C=O) groups excluding carboxylic acids is 3. The number of fused-ring (bicyclic) bond motifs is 1. The summed E-state index contributed by atoms with van der Waals surface area (Å²) in [6.07, 6.45) is 0.332. The lowest BCUT2D eigenvalue weighted by molar-refractivity contribution is -0.156. The van der Waals surface area contributed by atoms with Crippen LogP contribution in [-0.4, -0.2) is 46.5 Å². The summed E-state index contributed by atoms with van der Waals surface area (Å²) < 4.78 is 5.26. The third-order valence-corrected chi connectivity index (χ3v) is 5.51. The van der Waals surface area contributed by atoms with E-state index in [1.807, 2.05) is 6.92 Å². The summed E-state index contributed by atoms with van der Waals surface area (Å²) in [7, 11) is 0. The van der Waals surface area contributed by atoms with E-state index in [-0.39, 0.29) is 30.7 Å². The highest BCUT2D eigenvalue weighted by molar-refractivity contribution is 6.09. The minimum atomic E-state index is -1.24. The predicted octanol–water partition coefficient (Wildman–Crippen LogP) is 1.37. The lowest BCUT2D eigenvalue weighted by Gasteiger charge is -2.31. The Hall–Kier alpha value is -2.41. The van der Waals surface area contributed by atoms with E-state index < -0.39 is 29.4 Å². The summed E-state index contributed by atoms with van der Waals surface area (Å²) in [4.78, 5) is 39.9. The maximum Gasteiger partial charge on any atom is 0.327 e. The second-order valence-corrected chi connectivity index (χ2v) is 6.68. The molecule has 2 saturated heterocycles. The van der Waals surface area contributed by atoms with Crippen molar-refractivity contribution in [2.75, 3.05) is 13.2 Å². The van der Waals surface area contributed by atoms with Crippen molar-refractivity contribution >= 4 is 17.8 Å². The van der Waals surface area contributed by atoms with Gasteiger partial charge in [0.05, 0.1) is 18.4 Å². The molecule has 7 nitrogen and oxygen atoms in total. The summed E-state index contributed by atoms with van der Waals surface area (Å²) in [5.41, 5.74) is -0.489. The zero-order valence-electron chi connectivity index (χ0n) is 15.2. The number of phenols is 1. The van der Waals surface area contributed by atoms with Crippen molar-refractivity contribution in [3.63, 3.8) is 0 Å². The molecule has 140 valence electrons. The van der Waals surface area contributed by atoms with E-state index in [4.69, 9.17) is 4.74 Å². The summed E-state index contributed by atoms with van der Waals surface area (Å²) in [6, 6.07) is 5.96. The molecule has 0 aromatic heterocycles. The molecule has 2 N–H and O–H groups in total. The van der Waals surface area contributed by atoms with E-state index >= 15 is 0 Å². The normalized spacial score (nSPS) is 30.6. The van der Waals surface area contributed by atoms with Gasteiger partial charge in [-0.25, -0.2) is 0 Å². The Morgan fingerprint density at radius 1 is 1.19 bits per heavy atom. The number of phenolic OH excluding ortho intramolecular Hbond substituents is 1. The number of esters is 1. The fourth-order valence-electron chi connectivity index (χ4n) is 4.26. The predicted molar refractivity (Wildman–Crippen MR) is 93.0 cm³/mol. The minimum Gasteiger partial charge on any atom is -0.508 e. The zero-order valence-corrected chi connectivity index (χ0v) is 15.2. The van der Waals surface area contributed by atoms with Gasteiger partial charge in [-0.15, -0.1) is 0 Å². The van der Waals surface area contributed by atoms with Gasteiger partial charge in [0.1, 0.15) is 11.3 Å². The van der Waals surface area contributed by atoms with Gasteiger partial charge in [-0.2, -0.15) is 0 Å². The molecule has 0 saturated carbocycles. The molecule has 3 rings (SSSR count). The van der Waals surface area contributed by atoms with E-state index in [2.05, 4.69) is 5.32 Å². The fourth-order valence-corrected chi connectivity index (χ4v) is 4.26. The molecule has 2 fully saturated rings. The van der Waals surface area contributed by atoms with E-state index in [0.29, 0.717) is 6.42 Å². The second kappa shape index (κ2) is 6.72. The van der Waals surface area contributed by atoms with Crippen LogP contribution >= 0.6 is 0 Å². The number of ether oxygens (including phenoxy) is 1. The van der Waals surface area contributed by atoms with Gasteiger partial charge in [0.15, 0.2) is 0 Å². The topological polar surface area (TPSA) is 95.9 Å². The number of imide groups is 1. The lowest BCUT2D eigenvalue weighted by atomic mass is 9.78. The van der Waals surface area contributed by atoms with Crippen LogP contribution in [0.2, 0.25) is 0 Å². The maximum atomic E-state index is 13.0. The second-order valence-electron chi connectivity index (χ2n) is 6.68. The van der Waals surface area contributed by atoms with Crippen LogP contribution < -0.4 is 5.32 Å². The highest BCUT2D eigenvalue weighted by Crippen LogP contribution is 2.50. The first-order chi connectivity index (χ1) is 12.4. The van der Waals surface area contributed by atoms with Crippen LogP contribution in [0.4, 0.5) is 0 Å². The molecular weight excluding hydrogens is 336 g/mol. The van der Waals surface area contributed by atoms with Crippen LogP contribution in [0.25, 0.3) is 0 Å². The maximum absolute atomic E-state index is 13.0. The van der Waals surface area contributed by atoms with Crippen molar-refractivity contribution in [2.24, 2.45) is 11.8 Å². The number of carbonyl (C=O) groups is 3. The third kappa shape index (κ3) is 2.49. The number of nitrogens with one attached hydrogen (secondary N) is 1. The molecule has 0 radical (unpaired) electrons. The minimum absolute atomic E-state index is 0.111. The first-order valence-corrected chi connectivity index (χ1v) is 9.00. The van der Waals surface area contributed by atoms with Crippen molar-refractivity contribution in [3.8, 4) is 5.75 Å². The molecule has 2 aliphatic rings. The molecule has 0 spiro atoms. The van der Waals surface area contributed by atoms with Gasteiger partial charge in [-0.1, -0.05) is 19.1 Å². The van der Waals surface area contributed by atoms with Crippen LogP contribution in [0.15, 0.2) is 24.3 Å².